The highest BCUT2D eigenvalue weighted by molar-refractivity contribution is 5.84. The molecular formula is C20H32N4O3. The summed E-state index contributed by atoms with van der Waals surface area (Å²) in [6.45, 7) is 2.27. The van der Waals surface area contributed by atoms with Crippen LogP contribution in [0.4, 0.5) is 10.5 Å². The number of benzene rings is 1. The Kier molecular flexibility index (Phi) is 9.48. The van der Waals surface area contributed by atoms with Crippen molar-refractivity contribution in [1.82, 2.24) is 10.6 Å². The van der Waals surface area contributed by atoms with E-state index in [-0.39, 0.29) is 0 Å². The van der Waals surface area contributed by atoms with E-state index >= 15 is 0 Å². The van der Waals surface area contributed by atoms with Crippen LogP contribution in [0.15, 0.2) is 29.3 Å². The predicted molar refractivity (Wildman–Crippen MR) is 108 cm³/mol. The molecule has 1 aliphatic rings. The first kappa shape index (κ1) is 21.0. The minimum absolute atomic E-state index is 0.466. The lowest BCUT2D eigenvalue weighted by molar-refractivity contribution is 0.0277. The fourth-order valence-corrected chi connectivity index (χ4v) is 3.04. The molecule has 1 fully saturated rings. The second-order valence-corrected chi connectivity index (χ2v) is 6.65. The topological polar surface area (TPSA) is 84.0 Å². The van der Waals surface area contributed by atoms with E-state index in [4.69, 9.17) is 4.74 Å². The summed E-state index contributed by atoms with van der Waals surface area (Å²) in [6, 6.07) is 7.58. The molecule has 1 aliphatic carbocycles. The molecule has 0 unspecified atom stereocenters. The van der Waals surface area contributed by atoms with Crippen molar-refractivity contribution in [3.8, 4) is 0 Å². The van der Waals surface area contributed by atoms with Gasteiger partial charge in [0.1, 0.15) is 0 Å². The highest BCUT2D eigenvalue weighted by Crippen LogP contribution is 2.20. The van der Waals surface area contributed by atoms with Crippen LogP contribution >= 0.6 is 0 Å². The minimum Gasteiger partial charge on any atom is -0.453 e. The SMILES string of the molecule is CN=C(NCCCOC1CCCCC1)NCc1ccc(NC(=O)OC)cc1. The zero-order chi connectivity index (χ0) is 19.3. The van der Waals surface area contributed by atoms with Crippen LogP contribution < -0.4 is 16.0 Å². The Hall–Kier alpha value is -2.28. The predicted octanol–water partition coefficient (Wildman–Crippen LogP) is 3.27. The third-order valence-electron chi connectivity index (χ3n) is 4.59. The summed E-state index contributed by atoms with van der Waals surface area (Å²) in [4.78, 5) is 15.4. The number of anilines is 1. The standard InChI is InChI=1S/C20H32N4O3/c1-21-19(22-13-6-14-27-18-7-4-3-5-8-18)23-15-16-9-11-17(12-10-16)24-20(25)26-2/h9-12,18H,3-8,13-15H2,1-2H3,(H,24,25)(H2,21,22,23). The first-order valence-corrected chi connectivity index (χ1v) is 9.71. The van der Waals surface area contributed by atoms with E-state index < -0.39 is 6.09 Å². The first-order chi connectivity index (χ1) is 13.2. The molecule has 1 amide bonds. The number of hydrogen-bond acceptors (Lipinski definition) is 4. The third kappa shape index (κ3) is 8.30. The molecule has 1 aromatic rings. The van der Waals surface area contributed by atoms with E-state index in [0.717, 1.165) is 31.1 Å². The number of guanidine groups is 1. The molecule has 1 aromatic carbocycles. The van der Waals surface area contributed by atoms with Gasteiger partial charge in [-0.05, 0) is 37.0 Å². The number of nitrogens with zero attached hydrogens (tertiary/aromatic N) is 1. The third-order valence-corrected chi connectivity index (χ3v) is 4.59. The van der Waals surface area contributed by atoms with Crippen LogP contribution in [0.1, 0.15) is 44.1 Å². The van der Waals surface area contributed by atoms with Gasteiger partial charge in [-0.3, -0.25) is 10.3 Å². The summed E-state index contributed by atoms with van der Waals surface area (Å²) in [5, 5.41) is 9.22. The van der Waals surface area contributed by atoms with Gasteiger partial charge in [0.05, 0.1) is 13.2 Å². The molecule has 0 atom stereocenters. The van der Waals surface area contributed by atoms with Crippen LogP contribution in [0.5, 0.6) is 0 Å². The fraction of sp³-hybridized carbons (Fsp3) is 0.600. The van der Waals surface area contributed by atoms with Gasteiger partial charge >= 0.3 is 6.09 Å². The highest BCUT2D eigenvalue weighted by Gasteiger charge is 2.12. The molecule has 0 aromatic heterocycles. The maximum absolute atomic E-state index is 11.2. The van der Waals surface area contributed by atoms with Crippen molar-refractivity contribution in [2.45, 2.75) is 51.2 Å². The van der Waals surface area contributed by atoms with Crippen LogP contribution in [0.25, 0.3) is 0 Å². The van der Waals surface area contributed by atoms with Crippen molar-refractivity contribution in [2.75, 3.05) is 32.6 Å². The van der Waals surface area contributed by atoms with Crippen LogP contribution in [-0.4, -0.2) is 45.5 Å². The monoisotopic (exact) mass is 376 g/mol. The molecule has 150 valence electrons. The highest BCUT2D eigenvalue weighted by atomic mass is 16.5. The lowest BCUT2D eigenvalue weighted by Crippen LogP contribution is -2.37. The molecule has 0 spiro atoms. The largest absolute Gasteiger partial charge is 0.453 e. The number of carbonyl (C=O) groups excluding carboxylic acids is 1. The number of methoxy groups -OCH3 is 1. The van der Waals surface area contributed by atoms with Gasteiger partial charge in [-0.15, -0.1) is 0 Å². The van der Waals surface area contributed by atoms with Gasteiger partial charge in [-0.1, -0.05) is 31.4 Å². The summed E-state index contributed by atoms with van der Waals surface area (Å²) >= 11 is 0. The lowest BCUT2D eigenvalue weighted by atomic mass is 9.98. The molecule has 7 nitrogen and oxygen atoms in total. The average Bonchev–Trinajstić information content (AvgIpc) is 2.71. The normalized spacial score (nSPS) is 15.3. The maximum Gasteiger partial charge on any atom is 0.411 e. The van der Waals surface area contributed by atoms with Crippen molar-refractivity contribution in [3.05, 3.63) is 29.8 Å². The van der Waals surface area contributed by atoms with Crippen molar-refractivity contribution in [3.63, 3.8) is 0 Å². The Labute approximate surface area is 161 Å². The van der Waals surface area contributed by atoms with Crippen LogP contribution in [0, 0.1) is 0 Å². The molecule has 2 rings (SSSR count). The van der Waals surface area contributed by atoms with Crippen LogP contribution in [0.2, 0.25) is 0 Å². The number of ether oxygens (including phenoxy) is 2. The second-order valence-electron chi connectivity index (χ2n) is 6.65. The Morgan fingerprint density at radius 1 is 1.15 bits per heavy atom. The molecular weight excluding hydrogens is 344 g/mol. The molecule has 7 heteroatoms. The molecule has 3 N–H and O–H groups in total. The van der Waals surface area contributed by atoms with Gasteiger partial charge in [0, 0.05) is 32.4 Å². The number of aliphatic imine (C=N–C) groups is 1. The molecule has 0 bridgehead atoms. The Morgan fingerprint density at radius 3 is 2.56 bits per heavy atom. The zero-order valence-electron chi connectivity index (χ0n) is 16.4. The average molecular weight is 377 g/mol. The van der Waals surface area contributed by atoms with Gasteiger partial charge in [0.2, 0.25) is 0 Å². The molecule has 1 saturated carbocycles. The van der Waals surface area contributed by atoms with E-state index in [1.54, 1.807) is 7.05 Å². The Morgan fingerprint density at radius 2 is 1.89 bits per heavy atom. The van der Waals surface area contributed by atoms with Crippen LogP contribution in [0.3, 0.4) is 0 Å². The van der Waals surface area contributed by atoms with Gasteiger partial charge < -0.3 is 20.1 Å². The van der Waals surface area contributed by atoms with E-state index in [1.165, 1.54) is 39.2 Å². The van der Waals surface area contributed by atoms with Crippen molar-refractivity contribution >= 4 is 17.7 Å². The van der Waals surface area contributed by atoms with E-state index in [2.05, 4.69) is 25.7 Å². The minimum atomic E-state index is -0.474. The number of amides is 1. The molecule has 27 heavy (non-hydrogen) atoms. The number of carbonyl (C=O) groups is 1. The molecule has 0 saturated heterocycles. The van der Waals surface area contributed by atoms with Crippen molar-refractivity contribution < 1.29 is 14.3 Å². The molecule has 0 aliphatic heterocycles. The van der Waals surface area contributed by atoms with E-state index in [1.807, 2.05) is 24.3 Å². The summed E-state index contributed by atoms with van der Waals surface area (Å²) in [5.74, 6) is 0.768. The van der Waals surface area contributed by atoms with Crippen LogP contribution in [-0.2, 0) is 16.0 Å². The Balaban J connectivity index is 1.61. The fourth-order valence-electron chi connectivity index (χ4n) is 3.04. The Bertz CT molecular complexity index is 583. The summed E-state index contributed by atoms with van der Waals surface area (Å²) in [5.41, 5.74) is 1.79. The van der Waals surface area contributed by atoms with Gasteiger partial charge in [-0.2, -0.15) is 0 Å². The number of rotatable bonds is 8. The summed E-state index contributed by atoms with van der Waals surface area (Å²) in [7, 11) is 3.10. The van der Waals surface area contributed by atoms with Gasteiger partial charge in [0.15, 0.2) is 5.96 Å². The first-order valence-electron chi connectivity index (χ1n) is 9.71. The number of nitrogens with one attached hydrogen (secondary N) is 3. The summed E-state index contributed by atoms with van der Waals surface area (Å²) < 4.78 is 10.5. The van der Waals surface area contributed by atoms with Gasteiger partial charge in [0.25, 0.3) is 0 Å². The van der Waals surface area contributed by atoms with E-state index in [9.17, 15) is 4.79 Å². The maximum atomic E-state index is 11.2. The second kappa shape index (κ2) is 12.2. The number of hydrogen-bond donors (Lipinski definition) is 3. The molecule has 0 radical (unpaired) electrons. The lowest BCUT2D eigenvalue weighted by Gasteiger charge is -2.22. The smallest absolute Gasteiger partial charge is 0.411 e. The quantitative estimate of drug-likeness (QED) is 0.368. The van der Waals surface area contributed by atoms with Gasteiger partial charge in [-0.25, -0.2) is 4.79 Å². The summed E-state index contributed by atoms with van der Waals surface area (Å²) in [6.07, 6.45) is 7.35. The molecule has 0 heterocycles. The van der Waals surface area contributed by atoms with Crippen molar-refractivity contribution in [1.29, 1.82) is 0 Å². The van der Waals surface area contributed by atoms with E-state index in [0.29, 0.717) is 18.3 Å². The van der Waals surface area contributed by atoms with Crippen molar-refractivity contribution in [2.24, 2.45) is 4.99 Å². The zero-order valence-corrected chi connectivity index (χ0v) is 16.4.